The van der Waals surface area contributed by atoms with Crippen molar-refractivity contribution in [1.82, 2.24) is 4.90 Å². The molecule has 0 aromatic carbocycles. The van der Waals surface area contributed by atoms with E-state index in [9.17, 15) is 14.7 Å². The Morgan fingerprint density at radius 1 is 1.19 bits per heavy atom. The van der Waals surface area contributed by atoms with Gasteiger partial charge in [-0.3, -0.25) is 4.79 Å². The molecule has 0 aromatic rings. The van der Waals surface area contributed by atoms with Gasteiger partial charge < -0.3 is 20.8 Å². The average molecular weight is 298 g/mol. The van der Waals surface area contributed by atoms with Gasteiger partial charge in [0.05, 0.1) is 0 Å². The van der Waals surface area contributed by atoms with Crippen LogP contribution >= 0.6 is 0 Å². The molecule has 21 heavy (non-hydrogen) atoms. The zero-order chi connectivity index (χ0) is 15.7. The highest BCUT2D eigenvalue weighted by atomic mass is 16.4. The molecule has 0 spiro atoms. The summed E-state index contributed by atoms with van der Waals surface area (Å²) in [6, 6.07) is -0.782. The monoisotopic (exact) mass is 298 g/mol. The molecule has 120 valence electrons. The van der Waals surface area contributed by atoms with Gasteiger partial charge in [0, 0.05) is 12.6 Å². The van der Waals surface area contributed by atoms with Gasteiger partial charge in [0.1, 0.15) is 6.04 Å². The Labute approximate surface area is 125 Å². The molecule has 0 saturated heterocycles. The van der Waals surface area contributed by atoms with Crippen LogP contribution in [0.25, 0.3) is 0 Å². The van der Waals surface area contributed by atoms with Crippen LogP contribution in [0.1, 0.15) is 51.4 Å². The molecule has 2 unspecified atom stereocenters. The van der Waals surface area contributed by atoms with Crippen molar-refractivity contribution in [2.75, 3.05) is 6.54 Å². The molecule has 0 aromatic heterocycles. The number of unbranched alkanes of at least 4 members (excludes halogenated alkanes) is 1. The molecular weight excluding hydrogens is 272 g/mol. The first-order valence-corrected chi connectivity index (χ1v) is 7.65. The predicted octanol–water partition coefficient (Wildman–Crippen LogP) is 2.44. The molecule has 1 amide bonds. The molecule has 1 rings (SSSR count). The van der Waals surface area contributed by atoms with Crippen LogP contribution in [0.2, 0.25) is 0 Å². The number of carboxylic acid groups (broad SMARTS) is 2. The Bertz CT molecular complexity index is 371. The number of hydrogen-bond acceptors (Lipinski definition) is 3. The van der Waals surface area contributed by atoms with Crippen molar-refractivity contribution < 1.29 is 19.8 Å². The summed E-state index contributed by atoms with van der Waals surface area (Å²) in [5, 5.41) is 18.1. The minimum absolute atomic E-state index is 0.0700. The number of amides is 1. The van der Waals surface area contributed by atoms with Crippen molar-refractivity contribution in [2.24, 2.45) is 5.73 Å². The maximum Gasteiger partial charge on any atom is 0.407 e. The first-order valence-electron chi connectivity index (χ1n) is 7.65. The van der Waals surface area contributed by atoms with Gasteiger partial charge in [-0.1, -0.05) is 12.2 Å². The Balaban J connectivity index is 2.40. The van der Waals surface area contributed by atoms with Crippen molar-refractivity contribution in [2.45, 2.75) is 63.5 Å². The van der Waals surface area contributed by atoms with Crippen LogP contribution in [0.3, 0.4) is 0 Å². The summed E-state index contributed by atoms with van der Waals surface area (Å²) in [7, 11) is 0. The Morgan fingerprint density at radius 3 is 2.57 bits per heavy atom. The topological polar surface area (TPSA) is 104 Å². The molecule has 2 atom stereocenters. The van der Waals surface area contributed by atoms with E-state index in [1.807, 2.05) is 0 Å². The van der Waals surface area contributed by atoms with Gasteiger partial charge >= 0.3 is 12.1 Å². The van der Waals surface area contributed by atoms with Crippen LogP contribution in [0.5, 0.6) is 0 Å². The van der Waals surface area contributed by atoms with Gasteiger partial charge in [-0.15, -0.1) is 0 Å². The number of nitrogens with two attached hydrogens (primary N) is 1. The van der Waals surface area contributed by atoms with Crippen LogP contribution in [-0.2, 0) is 4.79 Å². The molecule has 0 saturated carbocycles. The molecule has 0 aliphatic heterocycles. The van der Waals surface area contributed by atoms with E-state index in [0.29, 0.717) is 25.8 Å². The van der Waals surface area contributed by atoms with Gasteiger partial charge in [0.15, 0.2) is 0 Å². The van der Waals surface area contributed by atoms with E-state index >= 15 is 0 Å². The van der Waals surface area contributed by atoms with E-state index in [2.05, 4.69) is 12.2 Å². The molecule has 6 nitrogen and oxygen atoms in total. The van der Waals surface area contributed by atoms with Crippen LogP contribution in [-0.4, -0.2) is 45.8 Å². The summed E-state index contributed by atoms with van der Waals surface area (Å²) in [4.78, 5) is 23.6. The minimum atomic E-state index is -1.00. The third-order valence-corrected chi connectivity index (χ3v) is 3.91. The second-order valence-electron chi connectivity index (χ2n) is 5.55. The van der Waals surface area contributed by atoms with Crippen LogP contribution < -0.4 is 5.73 Å². The summed E-state index contributed by atoms with van der Waals surface area (Å²) in [6.07, 6.45) is 9.76. The second kappa shape index (κ2) is 9.39. The van der Waals surface area contributed by atoms with Gasteiger partial charge in [-0.05, 0) is 51.4 Å². The average Bonchev–Trinajstić information content (AvgIpc) is 2.39. The van der Waals surface area contributed by atoms with Crippen molar-refractivity contribution in [3.63, 3.8) is 0 Å². The van der Waals surface area contributed by atoms with E-state index in [0.717, 1.165) is 32.1 Å². The third-order valence-electron chi connectivity index (χ3n) is 3.91. The first-order chi connectivity index (χ1) is 10.0. The number of allylic oxidation sites excluding steroid dienone is 2. The standard InChI is InChI=1S/C15H26N2O4/c16-13(14(18)19)10-6-7-11-17(15(20)21)12-8-4-2-1-3-5-9-12/h1-2,12-13H,3-11,16H2,(H,18,19)(H,20,21)/b2-1+. The smallest absolute Gasteiger partial charge is 0.407 e. The van der Waals surface area contributed by atoms with Gasteiger partial charge in [-0.2, -0.15) is 0 Å². The fraction of sp³-hybridized carbons (Fsp3) is 0.733. The zero-order valence-electron chi connectivity index (χ0n) is 12.4. The zero-order valence-corrected chi connectivity index (χ0v) is 12.4. The normalized spacial score (nSPS) is 21.9. The number of rotatable bonds is 7. The number of hydrogen-bond donors (Lipinski definition) is 3. The number of aliphatic carboxylic acids is 1. The summed E-state index contributed by atoms with van der Waals surface area (Å²) < 4.78 is 0. The van der Waals surface area contributed by atoms with E-state index in [1.165, 1.54) is 4.90 Å². The Hall–Kier alpha value is -1.56. The van der Waals surface area contributed by atoms with Crippen LogP contribution in [0, 0.1) is 0 Å². The largest absolute Gasteiger partial charge is 0.480 e. The highest BCUT2D eigenvalue weighted by Gasteiger charge is 2.22. The maximum absolute atomic E-state index is 11.4. The van der Waals surface area contributed by atoms with Gasteiger partial charge in [-0.25, -0.2) is 4.79 Å². The molecule has 1 aliphatic carbocycles. The Kier molecular flexibility index (Phi) is 7.82. The molecule has 6 heteroatoms. The second-order valence-corrected chi connectivity index (χ2v) is 5.55. The molecule has 4 N–H and O–H groups in total. The molecule has 0 radical (unpaired) electrons. The molecule has 0 fully saturated rings. The van der Waals surface area contributed by atoms with E-state index in [1.54, 1.807) is 0 Å². The number of carboxylic acids is 1. The SMILES string of the molecule is NC(CCCCN(C(=O)O)C1CC/C=C/CCC1)C(=O)O. The highest BCUT2D eigenvalue weighted by molar-refractivity contribution is 5.72. The van der Waals surface area contributed by atoms with Crippen LogP contribution in [0.4, 0.5) is 4.79 Å². The predicted molar refractivity (Wildman–Crippen MR) is 80.2 cm³/mol. The third kappa shape index (κ3) is 6.62. The molecule has 0 heterocycles. The van der Waals surface area contributed by atoms with Gasteiger partial charge in [0.2, 0.25) is 0 Å². The lowest BCUT2D eigenvalue weighted by atomic mass is 9.99. The number of nitrogens with zero attached hydrogens (tertiary/aromatic N) is 1. The molecule has 0 bridgehead atoms. The molecule has 1 aliphatic rings. The fourth-order valence-corrected chi connectivity index (χ4v) is 2.66. The first kappa shape index (κ1) is 17.5. The molecular formula is C15H26N2O4. The fourth-order valence-electron chi connectivity index (χ4n) is 2.66. The summed E-state index contributed by atoms with van der Waals surface area (Å²) in [6.45, 7) is 0.454. The maximum atomic E-state index is 11.4. The summed E-state index contributed by atoms with van der Waals surface area (Å²) in [5.41, 5.74) is 5.44. The lowest BCUT2D eigenvalue weighted by molar-refractivity contribution is -0.138. The summed E-state index contributed by atoms with van der Waals surface area (Å²) in [5.74, 6) is -1.00. The van der Waals surface area contributed by atoms with E-state index < -0.39 is 18.1 Å². The van der Waals surface area contributed by atoms with Crippen molar-refractivity contribution in [3.8, 4) is 0 Å². The lowest BCUT2D eigenvalue weighted by Gasteiger charge is -2.30. The minimum Gasteiger partial charge on any atom is -0.480 e. The van der Waals surface area contributed by atoms with Crippen LogP contribution in [0.15, 0.2) is 12.2 Å². The lowest BCUT2D eigenvalue weighted by Crippen LogP contribution is -2.40. The quantitative estimate of drug-likeness (QED) is 0.494. The van der Waals surface area contributed by atoms with Crippen molar-refractivity contribution >= 4 is 12.1 Å². The van der Waals surface area contributed by atoms with Crippen molar-refractivity contribution in [1.29, 1.82) is 0 Å². The highest BCUT2D eigenvalue weighted by Crippen LogP contribution is 2.19. The summed E-state index contributed by atoms with van der Waals surface area (Å²) >= 11 is 0. The van der Waals surface area contributed by atoms with E-state index in [-0.39, 0.29) is 6.04 Å². The van der Waals surface area contributed by atoms with E-state index in [4.69, 9.17) is 10.8 Å². The Morgan fingerprint density at radius 2 is 1.90 bits per heavy atom. The number of carbonyl (C=O) groups is 2. The van der Waals surface area contributed by atoms with Crippen molar-refractivity contribution in [3.05, 3.63) is 12.2 Å². The van der Waals surface area contributed by atoms with Gasteiger partial charge in [0.25, 0.3) is 0 Å².